The molecule has 0 unspecified atom stereocenters. The maximum atomic E-state index is 12.9. The summed E-state index contributed by atoms with van der Waals surface area (Å²) in [4.78, 5) is 11.6. The molecule has 0 saturated heterocycles. The number of halogens is 2. The first-order valence-corrected chi connectivity index (χ1v) is 6.71. The van der Waals surface area contributed by atoms with Gasteiger partial charge in [-0.1, -0.05) is 29.8 Å². The molecule has 0 spiro atoms. The van der Waals surface area contributed by atoms with E-state index in [2.05, 4.69) is 10.6 Å². The van der Waals surface area contributed by atoms with E-state index in [1.165, 1.54) is 12.1 Å². The minimum atomic E-state index is -0.383. The molecule has 2 aromatic carbocycles. The van der Waals surface area contributed by atoms with Gasteiger partial charge >= 0.3 is 6.03 Å². The normalized spacial score (nSPS) is 10.0. The second kappa shape index (κ2) is 7.50. The lowest BCUT2D eigenvalue weighted by atomic mass is 10.3. The lowest BCUT2D eigenvalue weighted by molar-refractivity contribution is 0.247. The Morgan fingerprint density at radius 3 is 2.76 bits per heavy atom. The number of para-hydroxylation sites is 1. The first-order valence-electron chi connectivity index (χ1n) is 6.33. The Labute approximate surface area is 126 Å². The van der Waals surface area contributed by atoms with E-state index in [4.69, 9.17) is 16.3 Å². The molecule has 2 aromatic rings. The molecule has 0 bridgehead atoms. The zero-order chi connectivity index (χ0) is 15.1. The fourth-order valence-electron chi connectivity index (χ4n) is 1.62. The van der Waals surface area contributed by atoms with Crippen LogP contribution < -0.4 is 15.4 Å². The topological polar surface area (TPSA) is 50.4 Å². The average Bonchev–Trinajstić information content (AvgIpc) is 2.46. The van der Waals surface area contributed by atoms with E-state index in [1.807, 2.05) is 0 Å². The Morgan fingerprint density at radius 2 is 2.00 bits per heavy atom. The number of benzene rings is 2. The van der Waals surface area contributed by atoms with Crippen molar-refractivity contribution in [2.75, 3.05) is 18.5 Å². The molecule has 110 valence electrons. The van der Waals surface area contributed by atoms with Gasteiger partial charge in [-0.05, 0) is 24.3 Å². The minimum absolute atomic E-state index is 0.236. The number of amides is 2. The highest BCUT2D eigenvalue weighted by Crippen LogP contribution is 2.20. The van der Waals surface area contributed by atoms with Gasteiger partial charge in [-0.25, -0.2) is 9.18 Å². The van der Waals surface area contributed by atoms with Gasteiger partial charge in [-0.15, -0.1) is 0 Å². The monoisotopic (exact) mass is 308 g/mol. The van der Waals surface area contributed by atoms with Crippen molar-refractivity contribution in [3.05, 3.63) is 59.4 Å². The van der Waals surface area contributed by atoms with Gasteiger partial charge in [0.15, 0.2) is 0 Å². The first kappa shape index (κ1) is 15.1. The molecule has 0 saturated carbocycles. The SMILES string of the molecule is O=C(NCCOc1cccc(F)c1)Nc1ccccc1Cl. The third-order valence-corrected chi connectivity index (χ3v) is 2.90. The number of anilines is 1. The van der Waals surface area contributed by atoms with Crippen molar-refractivity contribution in [1.82, 2.24) is 5.32 Å². The molecular formula is C15H14ClFN2O2. The Balaban J connectivity index is 1.71. The summed E-state index contributed by atoms with van der Waals surface area (Å²) < 4.78 is 18.2. The van der Waals surface area contributed by atoms with E-state index >= 15 is 0 Å². The number of ether oxygens (including phenoxy) is 1. The number of urea groups is 1. The van der Waals surface area contributed by atoms with E-state index in [0.717, 1.165) is 0 Å². The summed E-state index contributed by atoms with van der Waals surface area (Å²) in [5.41, 5.74) is 0.530. The Morgan fingerprint density at radius 1 is 1.19 bits per heavy atom. The Hall–Kier alpha value is -2.27. The zero-order valence-corrected chi connectivity index (χ0v) is 11.9. The van der Waals surface area contributed by atoms with Crippen LogP contribution in [0.3, 0.4) is 0 Å². The predicted octanol–water partition coefficient (Wildman–Crippen LogP) is 3.68. The molecule has 0 atom stereocenters. The molecule has 6 heteroatoms. The van der Waals surface area contributed by atoms with E-state index in [9.17, 15) is 9.18 Å². The maximum absolute atomic E-state index is 12.9. The minimum Gasteiger partial charge on any atom is -0.492 e. The van der Waals surface area contributed by atoms with Gasteiger partial charge in [0, 0.05) is 6.07 Å². The molecule has 2 rings (SSSR count). The standard InChI is InChI=1S/C15H14ClFN2O2/c16-13-6-1-2-7-14(13)19-15(20)18-8-9-21-12-5-3-4-11(17)10-12/h1-7,10H,8-9H2,(H2,18,19,20). The van der Waals surface area contributed by atoms with Gasteiger partial charge < -0.3 is 15.4 Å². The van der Waals surface area contributed by atoms with Crippen LogP contribution in [0, 0.1) is 5.82 Å². The Kier molecular flexibility index (Phi) is 5.40. The zero-order valence-electron chi connectivity index (χ0n) is 11.1. The summed E-state index contributed by atoms with van der Waals surface area (Å²) in [5.74, 6) is 0.0558. The van der Waals surface area contributed by atoms with Gasteiger partial charge in [0.2, 0.25) is 0 Å². The van der Waals surface area contributed by atoms with Crippen LogP contribution in [0.5, 0.6) is 5.75 Å². The van der Waals surface area contributed by atoms with Gasteiger partial charge in [-0.2, -0.15) is 0 Å². The fourth-order valence-corrected chi connectivity index (χ4v) is 1.80. The van der Waals surface area contributed by atoms with Crippen LogP contribution in [-0.2, 0) is 0 Å². The number of hydrogen-bond acceptors (Lipinski definition) is 2. The van der Waals surface area contributed by atoms with Gasteiger partial charge in [0.1, 0.15) is 18.2 Å². The van der Waals surface area contributed by atoms with Crippen LogP contribution in [0.15, 0.2) is 48.5 Å². The van der Waals surface area contributed by atoms with Crippen molar-refractivity contribution in [1.29, 1.82) is 0 Å². The second-order valence-corrected chi connectivity index (χ2v) is 4.57. The smallest absolute Gasteiger partial charge is 0.319 e. The molecule has 0 radical (unpaired) electrons. The van der Waals surface area contributed by atoms with Crippen molar-refractivity contribution in [3.8, 4) is 5.75 Å². The predicted molar refractivity (Wildman–Crippen MR) is 80.4 cm³/mol. The van der Waals surface area contributed by atoms with E-state index < -0.39 is 0 Å². The van der Waals surface area contributed by atoms with Crippen molar-refractivity contribution in [2.45, 2.75) is 0 Å². The average molecular weight is 309 g/mol. The van der Waals surface area contributed by atoms with Gasteiger partial charge in [-0.3, -0.25) is 0 Å². The molecule has 0 aliphatic rings. The van der Waals surface area contributed by atoms with Crippen LogP contribution in [0.2, 0.25) is 5.02 Å². The van der Waals surface area contributed by atoms with E-state index in [0.29, 0.717) is 16.5 Å². The number of carbonyl (C=O) groups is 1. The lowest BCUT2D eigenvalue weighted by Crippen LogP contribution is -2.32. The highest BCUT2D eigenvalue weighted by atomic mass is 35.5. The van der Waals surface area contributed by atoms with Crippen LogP contribution >= 0.6 is 11.6 Å². The third kappa shape index (κ3) is 4.96. The number of hydrogen-bond donors (Lipinski definition) is 2. The molecule has 0 fully saturated rings. The van der Waals surface area contributed by atoms with Crippen LogP contribution in [-0.4, -0.2) is 19.2 Å². The third-order valence-electron chi connectivity index (χ3n) is 2.57. The first-order chi connectivity index (χ1) is 10.1. The van der Waals surface area contributed by atoms with Crippen molar-refractivity contribution >= 4 is 23.3 Å². The molecule has 0 aliphatic carbocycles. The summed E-state index contributed by atoms with van der Waals surface area (Å²) in [6, 6.07) is 12.4. The number of carbonyl (C=O) groups excluding carboxylic acids is 1. The van der Waals surface area contributed by atoms with E-state index in [-0.39, 0.29) is 25.0 Å². The molecule has 0 heterocycles. The molecule has 2 N–H and O–H groups in total. The fraction of sp³-hybridized carbons (Fsp3) is 0.133. The number of rotatable bonds is 5. The summed E-state index contributed by atoms with van der Waals surface area (Å²) in [6.07, 6.45) is 0. The summed E-state index contributed by atoms with van der Waals surface area (Å²) in [5, 5.41) is 5.70. The largest absolute Gasteiger partial charge is 0.492 e. The summed E-state index contributed by atoms with van der Waals surface area (Å²) in [7, 11) is 0. The van der Waals surface area contributed by atoms with Crippen LogP contribution in [0.4, 0.5) is 14.9 Å². The summed E-state index contributed by atoms with van der Waals surface area (Å²) in [6.45, 7) is 0.520. The highest BCUT2D eigenvalue weighted by Gasteiger charge is 2.04. The van der Waals surface area contributed by atoms with Gasteiger partial charge in [0.05, 0.1) is 17.3 Å². The van der Waals surface area contributed by atoms with Crippen molar-refractivity contribution in [3.63, 3.8) is 0 Å². The molecular weight excluding hydrogens is 295 g/mol. The molecule has 0 aliphatic heterocycles. The van der Waals surface area contributed by atoms with Gasteiger partial charge in [0.25, 0.3) is 0 Å². The second-order valence-electron chi connectivity index (χ2n) is 4.17. The lowest BCUT2D eigenvalue weighted by Gasteiger charge is -2.10. The number of nitrogens with one attached hydrogen (secondary N) is 2. The molecule has 2 amide bonds. The maximum Gasteiger partial charge on any atom is 0.319 e. The molecule has 4 nitrogen and oxygen atoms in total. The van der Waals surface area contributed by atoms with Crippen molar-refractivity contribution in [2.24, 2.45) is 0 Å². The van der Waals surface area contributed by atoms with Crippen LogP contribution in [0.1, 0.15) is 0 Å². The van der Waals surface area contributed by atoms with E-state index in [1.54, 1.807) is 36.4 Å². The van der Waals surface area contributed by atoms with Crippen molar-refractivity contribution < 1.29 is 13.9 Å². The highest BCUT2D eigenvalue weighted by molar-refractivity contribution is 6.33. The quantitative estimate of drug-likeness (QED) is 0.828. The Bertz CT molecular complexity index is 622. The summed E-state index contributed by atoms with van der Waals surface area (Å²) >= 11 is 5.92. The van der Waals surface area contributed by atoms with Crippen LogP contribution in [0.25, 0.3) is 0 Å². The molecule has 0 aromatic heterocycles. The molecule has 21 heavy (non-hydrogen) atoms.